The highest BCUT2D eigenvalue weighted by Crippen LogP contribution is 2.24. The monoisotopic (exact) mass is 283 g/mol. The SMILES string of the molecule is COc1ccc(NC(Cc2ccccc2)C(C)C)c(C)c1. The second-order valence-corrected chi connectivity index (χ2v) is 5.87. The zero-order chi connectivity index (χ0) is 15.2. The molecule has 2 nitrogen and oxygen atoms in total. The largest absolute Gasteiger partial charge is 0.497 e. The van der Waals surface area contributed by atoms with E-state index in [4.69, 9.17) is 4.74 Å². The molecule has 0 fully saturated rings. The minimum absolute atomic E-state index is 0.416. The normalized spacial score (nSPS) is 12.2. The first-order chi connectivity index (χ1) is 10.1. The Morgan fingerprint density at radius 2 is 1.76 bits per heavy atom. The molecule has 112 valence electrons. The van der Waals surface area contributed by atoms with E-state index in [-0.39, 0.29) is 0 Å². The van der Waals surface area contributed by atoms with Gasteiger partial charge in [-0.25, -0.2) is 0 Å². The van der Waals surface area contributed by atoms with Gasteiger partial charge < -0.3 is 10.1 Å². The third-order valence-electron chi connectivity index (χ3n) is 3.88. The fourth-order valence-electron chi connectivity index (χ4n) is 2.45. The van der Waals surface area contributed by atoms with Gasteiger partial charge in [0.15, 0.2) is 0 Å². The fraction of sp³-hybridized carbons (Fsp3) is 0.368. The summed E-state index contributed by atoms with van der Waals surface area (Å²) in [7, 11) is 1.70. The van der Waals surface area contributed by atoms with Gasteiger partial charge in [0.1, 0.15) is 5.75 Å². The van der Waals surface area contributed by atoms with Gasteiger partial charge in [-0.1, -0.05) is 44.2 Å². The molecule has 0 saturated heterocycles. The van der Waals surface area contributed by atoms with Crippen LogP contribution < -0.4 is 10.1 Å². The van der Waals surface area contributed by atoms with Crippen molar-refractivity contribution in [2.24, 2.45) is 5.92 Å². The number of hydrogen-bond donors (Lipinski definition) is 1. The van der Waals surface area contributed by atoms with E-state index in [0.29, 0.717) is 12.0 Å². The van der Waals surface area contributed by atoms with Crippen molar-refractivity contribution in [1.29, 1.82) is 0 Å². The van der Waals surface area contributed by atoms with Crippen molar-refractivity contribution in [1.82, 2.24) is 0 Å². The lowest BCUT2D eigenvalue weighted by Crippen LogP contribution is -2.28. The van der Waals surface area contributed by atoms with Crippen molar-refractivity contribution >= 4 is 5.69 Å². The molecule has 0 bridgehead atoms. The summed E-state index contributed by atoms with van der Waals surface area (Å²) in [5.41, 5.74) is 3.77. The Balaban J connectivity index is 2.13. The quantitative estimate of drug-likeness (QED) is 0.831. The first-order valence-corrected chi connectivity index (χ1v) is 7.55. The van der Waals surface area contributed by atoms with Crippen molar-refractivity contribution in [3.63, 3.8) is 0 Å². The predicted octanol–water partition coefficient (Wildman–Crippen LogP) is 4.68. The average molecular weight is 283 g/mol. The standard InChI is InChI=1S/C19H25NO/c1-14(2)19(13-16-8-6-5-7-9-16)20-18-11-10-17(21-4)12-15(18)3/h5-12,14,19-20H,13H2,1-4H3. The molecule has 1 atom stereocenters. The number of hydrogen-bond acceptors (Lipinski definition) is 2. The van der Waals surface area contributed by atoms with Crippen LogP contribution in [0.15, 0.2) is 48.5 Å². The van der Waals surface area contributed by atoms with Crippen LogP contribution in [0, 0.1) is 12.8 Å². The van der Waals surface area contributed by atoms with Crippen LogP contribution in [0.4, 0.5) is 5.69 Å². The van der Waals surface area contributed by atoms with Crippen LogP contribution in [0.2, 0.25) is 0 Å². The molecule has 0 radical (unpaired) electrons. The van der Waals surface area contributed by atoms with E-state index < -0.39 is 0 Å². The number of methoxy groups -OCH3 is 1. The predicted molar refractivity (Wildman–Crippen MR) is 90.1 cm³/mol. The van der Waals surface area contributed by atoms with Crippen molar-refractivity contribution in [2.45, 2.75) is 33.2 Å². The van der Waals surface area contributed by atoms with Gasteiger partial charge in [0.05, 0.1) is 7.11 Å². The van der Waals surface area contributed by atoms with Crippen LogP contribution >= 0.6 is 0 Å². The molecule has 1 unspecified atom stereocenters. The molecule has 0 aromatic heterocycles. The molecule has 2 heteroatoms. The van der Waals surface area contributed by atoms with Gasteiger partial charge in [0.2, 0.25) is 0 Å². The summed E-state index contributed by atoms with van der Waals surface area (Å²) >= 11 is 0. The molecule has 0 saturated carbocycles. The van der Waals surface area contributed by atoms with E-state index in [1.54, 1.807) is 7.11 Å². The molecular weight excluding hydrogens is 258 g/mol. The third kappa shape index (κ3) is 4.25. The highest BCUT2D eigenvalue weighted by Gasteiger charge is 2.15. The van der Waals surface area contributed by atoms with Crippen LogP contribution in [-0.4, -0.2) is 13.2 Å². The van der Waals surface area contributed by atoms with E-state index in [2.05, 4.69) is 68.6 Å². The van der Waals surface area contributed by atoms with Gasteiger partial charge in [0.25, 0.3) is 0 Å². The maximum atomic E-state index is 5.27. The maximum absolute atomic E-state index is 5.27. The fourth-order valence-corrected chi connectivity index (χ4v) is 2.45. The summed E-state index contributed by atoms with van der Waals surface area (Å²) in [5.74, 6) is 1.47. The van der Waals surface area contributed by atoms with Crippen LogP contribution in [0.1, 0.15) is 25.0 Å². The van der Waals surface area contributed by atoms with Gasteiger partial charge in [-0.2, -0.15) is 0 Å². The van der Waals surface area contributed by atoms with E-state index in [0.717, 1.165) is 12.2 Å². The second-order valence-electron chi connectivity index (χ2n) is 5.87. The van der Waals surface area contributed by atoms with Gasteiger partial charge in [-0.05, 0) is 48.6 Å². The van der Waals surface area contributed by atoms with Gasteiger partial charge in [-0.3, -0.25) is 0 Å². The van der Waals surface area contributed by atoms with E-state index >= 15 is 0 Å². The lowest BCUT2D eigenvalue weighted by Gasteiger charge is -2.25. The third-order valence-corrected chi connectivity index (χ3v) is 3.88. The Labute approximate surface area is 128 Å². The summed E-state index contributed by atoms with van der Waals surface area (Å²) < 4.78 is 5.27. The molecule has 2 rings (SSSR count). The van der Waals surface area contributed by atoms with Crippen LogP contribution in [0.5, 0.6) is 5.75 Å². The van der Waals surface area contributed by atoms with E-state index in [9.17, 15) is 0 Å². The maximum Gasteiger partial charge on any atom is 0.119 e. The minimum atomic E-state index is 0.416. The molecule has 1 N–H and O–H groups in total. The first kappa shape index (κ1) is 15.4. The van der Waals surface area contributed by atoms with Crippen LogP contribution in [-0.2, 0) is 6.42 Å². The number of benzene rings is 2. The first-order valence-electron chi connectivity index (χ1n) is 7.55. The summed E-state index contributed by atoms with van der Waals surface area (Å²) in [6.07, 6.45) is 1.03. The van der Waals surface area contributed by atoms with Crippen molar-refractivity contribution < 1.29 is 4.74 Å². The number of anilines is 1. The van der Waals surface area contributed by atoms with Gasteiger partial charge in [0, 0.05) is 11.7 Å². The average Bonchev–Trinajstić information content (AvgIpc) is 2.49. The second kappa shape index (κ2) is 7.16. The number of nitrogens with one attached hydrogen (secondary N) is 1. The lowest BCUT2D eigenvalue weighted by atomic mass is 9.95. The zero-order valence-electron chi connectivity index (χ0n) is 13.4. The van der Waals surface area contributed by atoms with Crippen LogP contribution in [0.25, 0.3) is 0 Å². The molecule has 0 aliphatic rings. The Kier molecular flexibility index (Phi) is 5.26. The molecular formula is C19H25NO. The Bertz CT molecular complexity index is 563. The summed E-state index contributed by atoms with van der Waals surface area (Å²) in [5, 5.41) is 3.69. The van der Waals surface area contributed by atoms with E-state index in [1.165, 1.54) is 16.8 Å². The number of rotatable bonds is 6. The molecule has 21 heavy (non-hydrogen) atoms. The molecule has 0 amide bonds. The summed E-state index contributed by atoms with van der Waals surface area (Å²) in [4.78, 5) is 0. The van der Waals surface area contributed by atoms with Gasteiger partial charge >= 0.3 is 0 Å². The van der Waals surface area contributed by atoms with Crippen molar-refractivity contribution in [3.05, 3.63) is 59.7 Å². The molecule has 2 aromatic rings. The minimum Gasteiger partial charge on any atom is -0.497 e. The Hall–Kier alpha value is -1.96. The smallest absolute Gasteiger partial charge is 0.119 e. The Morgan fingerprint density at radius 3 is 2.33 bits per heavy atom. The molecule has 0 aliphatic carbocycles. The highest BCUT2D eigenvalue weighted by molar-refractivity contribution is 5.54. The van der Waals surface area contributed by atoms with Crippen LogP contribution in [0.3, 0.4) is 0 Å². The lowest BCUT2D eigenvalue weighted by molar-refractivity contribution is 0.414. The van der Waals surface area contributed by atoms with Crippen molar-refractivity contribution in [3.8, 4) is 5.75 Å². The van der Waals surface area contributed by atoms with E-state index in [1.807, 2.05) is 6.07 Å². The molecule has 2 aromatic carbocycles. The highest BCUT2D eigenvalue weighted by atomic mass is 16.5. The topological polar surface area (TPSA) is 21.3 Å². The molecule has 0 heterocycles. The zero-order valence-corrected chi connectivity index (χ0v) is 13.4. The molecule has 0 aliphatic heterocycles. The Morgan fingerprint density at radius 1 is 1.05 bits per heavy atom. The number of ether oxygens (including phenoxy) is 1. The van der Waals surface area contributed by atoms with Gasteiger partial charge in [-0.15, -0.1) is 0 Å². The molecule has 0 spiro atoms. The number of aryl methyl sites for hydroxylation is 1. The van der Waals surface area contributed by atoms with Crippen molar-refractivity contribution in [2.75, 3.05) is 12.4 Å². The summed E-state index contributed by atoms with van der Waals surface area (Å²) in [6.45, 7) is 6.64. The summed E-state index contributed by atoms with van der Waals surface area (Å²) in [6, 6.07) is 17.3.